The average molecular weight is 387 g/mol. The molecule has 0 fully saturated rings. The maximum absolute atomic E-state index is 12.6. The van der Waals surface area contributed by atoms with Gasteiger partial charge in [0.15, 0.2) is 0 Å². The molecule has 1 atom stereocenters. The van der Waals surface area contributed by atoms with Crippen molar-refractivity contribution in [3.8, 4) is 0 Å². The smallest absolute Gasteiger partial charge is 0.243 e. The topological polar surface area (TPSA) is 66.5 Å². The summed E-state index contributed by atoms with van der Waals surface area (Å²) >= 11 is 1.76. The molecular formula is C18H30N2O3S2. The van der Waals surface area contributed by atoms with Gasteiger partial charge in [-0.3, -0.25) is 9.10 Å². The van der Waals surface area contributed by atoms with Gasteiger partial charge in [0, 0.05) is 17.0 Å². The first-order valence-corrected chi connectivity index (χ1v) is 11.3. The van der Waals surface area contributed by atoms with Crippen LogP contribution in [0.25, 0.3) is 0 Å². The van der Waals surface area contributed by atoms with E-state index in [1.807, 2.05) is 26.0 Å². The number of benzene rings is 1. The SMILES string of the molecule is CC[C@@H](C(=O)NCCSC(C)(C)C)N(c1ccc(C)cc1)S(C)(=O)=O. The lowest BCUT2D eigenvalue weighted by molar-refractivity contribution is -0.122. The lowest BCUT2D eigenvalue weighted by Crippen LogP contribution is -2.49. The van der Waals surface area contributed by atoms with Crippen molar-refractivity contribution in [2.24, 2.45) is 0 Å². The van der Waals surface area contributed by atoms with Gasteiger partial charge in [0.2, 0.25) is 15.9 Å². The van der Waals surface area contributed by atoms with E-state index in [0.717, 1.165) is 17.6 Å². The summed E-state index contributed by atoms with van der Waals surface area (Å²) in [6.07, 6.45) is 1.54. The van der Waals surface area contributed by atoms with E-state index in [2.05, 4.69) is 26.1 Å². The Hall–Kier alpha value is -1.21. The summed E-state index contributed by atoms with van der Waals surface area (Å²) in [4.78, 5) is 12.6. The molecule has 142 valence electrons. The van der Waals surface area contributed by atoms with Gasteiger partial charge in [0.05, 0.1) is 11.9 Å². The van der Waals surface area contributed by atoms with Crippen molar-refractivity contribution in [3.05, 3.63) is 29.8 Å². The largest absolute Gasteiger partial charge is 0.353 e. The molecule has 0 radical (unpaired) electrons. The van der Waals surface area contributed by atoms with Crippen LogP contribution in [0.1, 0.15) is 39.7 Å². The van der Waals surface area contributed by atoms with Crippen LogP contribution in [-0.4, -0.2) is 43.7 Å². The van der Waals surface area contributed by atoms with Crippen LogP contribution in [0.5, 0.6) is 0 Å². The Labute approximate surface area is 156 Å². The molecule has 0 saturated carbocycles. The van der Waals surface area contributed by atoms with E-state index in [4.69, 9.17) is 0 Å². The zero-order valence-electron chi connectivity index (χ0n) is 16.0. The van der Waals surface area contributed by atoms with Crippen molar-refractivity contribution in [1.82, 2.24) is 5.32 Å². The van der Waals surface area contributed by atoms with Gasteiger partial charge in [0.25, 0.3) is 0 Å². The van der Waals surface area contributed by atoms with Gasteiger partial charge < -0.3 is 5.32 Å². The fourth-order valence-corrected chi connectivity index (χ4v) is 4.43. The van der Waals surface area contributed by atoms with E-state index >= 15 is 0 Å². The normalized spacial score (nSPS) is 13.4. The van der Waals surface area contributed by atoms with Crippen molar-refractivity contribution in [3.63, 3.8) is 0 Å². The summed E-state index contributed by atoms with van der Waals surface area (Å²) in [6, 6.07) is 6.41. The summed E-state index contributed by atoms with van der Waals surface area (Å²) < 4.78 is 26.0. The van der Waals surface area contributed by atoms with Crippen LogP contribution in [0, 0.1) is 6.92 Å². The summed E-state index contributed by atoms with van der Waals surface area (Å²) in [7, 11) is -3.57. The van der Waals surface area contributed by atoms with Gasteiger partial charge in [0.1, 0.15) is 6.04 Å². The molecule has 1 aromatic rings. The molecule has 1 rings (SSSR count). The van der Waals surface area contributed by atoms with Gasteiger partial charge >= 0.3 is 0 Å². The quantitative estimate of drug-likeness (QED) is 0.697. The predicted octanol–water partition coefficient (Wildman–Crippen LogP) is 3.19. The highest BCUT2D eigenvalue weighted by molar-refractivity contribution is 8.00. The van der Waals surface area contributed by atoms with Crippen LogP contribution in [0.15, 0.2) is 24.3 Å². The van der Waals surface area contributed by atoms with Gasteiger partial charge in [-0.05, 0) is 25.5 Å². The second kappa shape index (κ2) is 8.94. The van der Waals surface area contributed by atoms with Crippen molar-refractivity contribution >= 4 is 33.4 Å². The monoisotopic (exact) mass is 386 g/mol. The molecule has 0 heterocycles. The fraction of sp³-hybridized carbons (Fsp3) is 0.611. The van der Waals surface area contributed by atoms with E-state index in [1.165, 1.54) is 4.31 Å². The van der Waals surface area contributed by atoms with E-state index in [0.29, 0.717) is 18.7 Å². The second-order valence-corrected chi connectivity index (χ2v) is 10.9. The Morgan fingerprint density at radius 2 is 1.80 bits per heavy atom. The number of thioether (sulfide) groups is 1. The van der Waals surface area contributed by atoms with Crippen LogP contribution < -0.4 is 9.62 Å². The molecule has 5 nitrogen and oxygen atoms in total. The summed E-state index contributed by atoms with van der Waals surface area (Å²) in [5.74, 6) is 0.526. The molecule has 0 spiro atoms. The molecule has 0 aliphatic heterocycles. The molecule has 0 bridgehead atoms. The number of carbonyl (C=O) groups excluding carboxylic acids is 1. The number of amides is 1. The lowest BCUT2D eigenvalue weighted by Gasteiger charge is -2.30. The summed E-state index contributed by atoms with van der Waals surface area (Å²) in [5, 5.41) is 2.87. The van der Waals surface area contributed by atoms with Crippen molar-refractivity contribution in [2.75, 3.05) is 22.9 Å². The lowest BCUT2D eigenvalue weighted by atomic mass is 10.1. The summed E-state index contributed by atoms with van der Waals surface area (Å²) in [6.45, 7) is 10.6. The highest BCUT2D eigenvalue weighted by Gasteiger charge is 2.31. The number of anilines is 1. The van der Waals surface area contributed by atoms with Crippen LogP contribution in [-0.2, 0) is 14.8 Å². The third-order valence-corrected chi connectivity index (χ3v) is 6.01. The number of hydrogen-bond acceptors (Lipinski definition) is 4. The highest BCUT2D eigenvalue weighted by Crippen LogP contribution is 2.24. The van der Waals surface area contributed by atoms with E-state index in [9.17, 15) is 13.2 Å². The molecule has 1 amide bonds. The maximum atomic E-state index is 12.6. The molecule has 0 aliphatic carbocycles. The Morgan fingerprint density at radius 1 is 1.24 bits per heavy atom. The minimum Gasteiger partial charge on any atom is -0.353 e. The molecule has 7 heteroatoms. The molecule has 0 aromatic heterocycles. The van der Waals surface area contributed by atoms with Crippen LogP contribution in [0.4, 0.5) is 5.69 Å². The number of nitrogens with one attached hydrogen (secondary N) is 1. The molecule has 0 aliphatic rings. The van der Waals surface area contributed by atoms with Crippen molar-refractivity contribution in [1.29, 1.82) is 0 Å². The number of rotatable bonds is 8. The third kappa shape index (κ3) is 7.28. The highest BCUT2D eigenvalue weighted by atomic mass is 32.2. The van der Waals surface area contributed by atoms with Gasteiger partial charge in [-0.15, -0.1) is 0 Å². The van der Waals surface area contributed by atoms with Crippen molar-refractivity contribution < 1.29 is 13.2 Å². The van der Waals surface area contributed by atoms with Crippen LogP contribution >= 0.6 is 11.8 Å². The first kappa shape index (κ1) is 21.8. The van der Waals surface area contributed by atoms with Gasteiger partial charge in [-0.25, -0.2) is 8.42 Å². The molecule has 0 saturated heterocycles. The van der Waals surface area contributed by atoms with Crippen molar-refractivity contribution in [2.45, 2.75) is 51.8 Å². The first-order chi connectivity index (χ1) is 11.5. The molecule has 1 N–H and O–H groups in total. The zero-order chi connectivity index (χ0) is 19.3. The minimum atomic E-state index is -3.57. The van der Waals surface area contributed by atoms with Crippen LogP contribution in [0.2, 0.25) is 0 Å². The molecular weight excluding hydrogens is 356 g/mol. The summed E-state index contributed by atoms with van der Waals surface area (Å²) in [5.41, 5.74) is 1.55. The van der Waals surface area contributed by atoms with E-state index in [1.54, 1.807) is 23.9 Å². The number of aryl methyl sites for hydroxylation is 1. The Balaban J connectivity index is 2.91. The van der Waals surface area contributed by atoms with Gasteiger partial charge in [-0.1, -0.05) is 45.4 Å². The average Bonchev–Trinajstić information content (AvgIpc) is 2.48. The fourth-order valence-electron chi connectivity index (χ4n) is 2.40. The number of sulfonamides is 1. The second-order valence-electron chi connectivity index (χ2n) is 7.07. The maximum Gasteiger partial charge on any atom is 0.243 e. The number of hydrogen-bond donors (Lipinski definition) is 1. The third-order valence-electron chi connectivity index (χ3n) is 3.55. The molecule has 25 heavy (non-hydrogen) atoms. The number of nitrogens with zero attached hydrogens (tertiary/aromatic N) is 1. The molecule has 1 aromatic carbocycles. The van der Waals surface area contributed by atoms with E-state index < -0.39 is 16.1 Å². The Kier molecular flexibility index (Phi) is 7.81. The first-order valence-electron chi connectivity index (χ1n) is 8.43. The Morgan fingerprint density at radius 3 is 2.24 bits per heavy atom. The molecule has 0 unspecified atom stereocenters. The standard InChI is InChI=1S/C18H30N2O3S2/c1-7-16(17(21)19-12-13-24-18(3,4)5)20(25(6,22)23)15-10-8-14(2)9-11-15/h8-11,16H,7,12-13H2,1-6H3,(H,19,21)/t16-/m0/s1. The number of carbonyl (C=O) groups is 1. The Bertz CT molecular complexity index is 665. The van der Waals surface area contributed by atoms with Crippen LogP contribution in [0.3, 0.4) is 0 Å². The van der Waals surface area contributed by atoms with Gasteiger partial charge in [-0.2, -0.15) is 11.8 Å². The van der Waals surface area contributed by atoms with E-state index in [-0.39, 0.29) is 10.7 Å². The zero-order valence-corrected chi connectivity index (χ0v) is 17.6. The predicted molar refractivity (Wildman–Crippen MR) is 108 cm³/mol. The minimum absolute atomic E-state index is 0.135.